The van der Waals surface area contributed by atoms with Gasteiger partial charge in [0.25, 0.3) is 0 Å². The number of hydrogen-bond donors (Lipinski definition) is 2. The predicted octanol–water partition coefficient (Wildman–Crippen LogP) is 1.57. The summed E-state index contributed by atoms with van der Waals surface area (Å²) >= 11 is 0. The number of aryl methyl sites for hydroxylation is 2. The van der Waals surface area contributed by atoms with Crippen molar-refractivity contribution in [2.24, 2.45) is 5.92 Å². The van der Waals surface area contributed by atoms with E-state index in [1.165, 1.54) is 16.7 Å². The van der Waals surface area contributed by atoms with Crippen LogP contribution in [0.1, 0.15) is 23.1 Å². The summed E-state index contributed by atoms with van der Waals surface area (Å²) in [5.41, 5.74) is 3.93. The maximum atomic E-state index is 11.8. The van der Waals surface area contributed by atoms with E-state index in [9.17, 15) is 4.79 Å². The minimum absolute atomic E-state index is 0.171. The van der Waals surface area contributed by atoms with Gasteiger partial charge in [-0.05, 0) is 49.9 Å². The minimum Gasteiger partial charge on any atom is -0.355 e. The first-order valence-electron chi connectivity index (χ1n) is 6.71. The summed E-state index contributed by atoms with van der Waals surface area (Å²) in [5.74, 6) is 0.369. The van der Waals surface area contributed by atoms with Crippen LogP contribution in [0.15, 0.2) is 18.2 Å². The van der Waals surface area contributed by atoms with Gasteiger partial charge in [-0.3, -0.25) is 4.79 Å². The molecule has 1 aromatic rings. The Labute approximate surface area is 109 Å². The van der Waals surface area contributed by atoms with Gasteiger partial charge >= 0.3 is 0 Å². The molecule has 0 saturated carbocycles. The molecule has 0 aromatic heterocycles. The Morgan fingerprint density at radius 3 is 2.89 bits per heavy atom. The molecular formula is C15H22N2O. The highest BCUT2D eigenvalue weighted by molar-refractivity contribution is 5.79. The predicted molar refractivity (Wildman–Crippen MR) is 73.6 cm³/mol. The third-order valence-corrected chi connectivity index (χ3v) is 3.72. The van der Waals surface area contributed by atoms with E-state index in [2.05, 4.69) is 42.7 Å². The Balaban J connectivity index is 1.77. The molecule has 1 fully saturated rings. The number of amides is 1. The van der Waals surface area contributed by atoms with Crippen molar-refractivity contribution in [3.8, 4) is 0 Å². The molecule has 1 aliphatic heterocycles. The van der Waals surface area contributed by atoms with Gasteiger partial charge in [0, 0.05) is 13.1 Å². The van der Waals surface area contributed by atoms with Crippen molar-refractivity contribution in [2.75, 3.05) is 19.6 Å². The summed E-state index contributed by atoms with van der Waals surface area (Å²) in [7, 11) is 0. The average Bonchev–Trinajstić information content (AvgIpc) is 2.87. The van der Waals surface area contributed by atoms with Gasteiger partial charge in [0.1, 0.15) is 0 Å². The van der Waals surface area contributed by atoms with Gasteiger partial charge in [0.05, 0.1) is 5.92 Å². The molecule has 0 radical (unpaired) electrons. The van der Waals surface area contributed by atoms with Crippen LogP contribution in [0, 0.1) is 19.8 Å². The molecule has 1 amide bonds. The standard InChI is InChI=1S/C15H22N2O/c1-11-3-4-13(9-12(11)2)5-8-17-15(18)14-6-7-16-10-14/h3-4,9,14,16H,5-8,10H2,1-2H3,(H,17,18). The van der Waals surface area contributed by atoms with Gasteiger partial charge in [-0.1, -0.05) is 18.2 Å². The number of carbonyl (C=O) groups is 1. The molecular weight excluding hydrogens is 224 g/mol. The number of rotatable bonds is 4. The Morgan fingerprint density at radius 1 is 1.39 bits per heavy atom. The summed E-state index contributed by atoms with van der Waals surface area (Å²) in [4.78, 5) is 11.8. The fourth-order valence-corrected chi connectivity index (χ4v) is 2.31. The third-order valence-electron chi connectivity index (χ3n) is 3.72. The van der Waals surface area contributed by atoms with Crippen molar-refractivity contribution < 1.29 is 4.79 Å². The number of nitrogens with one attached hydrogen (secondary N) is 2. The third kappa shape index (κ3) is 3.33. The molecule has 1 aliphatic rings. The first-order chi connectivity index (χ1) is 8.66. The van der Waals surface area contributed by atoms with Gasteiger partial charge in [-0.2, -0.15) is 0 Å². The van der Waals surface area contributed by atoms with Crippen molar-refractivity contribution in [3.05, 3.63) is 34.9 Å². The van der Waals surface area contributed by atoms with E-state index in [4.69, 9.17) is 0 Å². The van der Waals surface area contributed by atoms with Gasteiger partial charge < -0.3 is 10.6 Å². The van der Waals surface area contributed by atoms with E-state index in [-0.39, 0.29) is 11.8 Å². The van der Waals surface area contributed by atoms with E-state index in [0.29, 0.717) is 0 Å². The lowest BCUT2D eigenvalue weighted by molar-refractivity contribution is -0.124. The fourth-order valence-electron chi connectivity index (χ4n) is 2.31. The largest absolute Gasteiger partial charge is 0.355 e. The SMILES string of the molecule is Cc1ccc(CCNC(=O)C2CCNC2)cc1C. The second kappa shape index (κ2) is 6.01. The molecule has 2 rings (SSSR count). The van der Waals surface area contributed by atoms with E-state index in [0.717, 1.165) is 32.5 Å². The number of carbonyl (C=O) groups excluding carboxylic acids is 1. The zero-order chi connectivity index (χ0) is 13.0. The van der Waals surface area contributed by atoms with Crippen LogP contribution in [0.2, 0.25) is 0 Å². The van der Waals surface area contributed by atoms with Crippen LogP contribution in [0.25, 0.3) is 0 Å². The van der Waals surface area contributed by atoms with Crippen molar-refractivity contribution in [2.45, 2.75) is 26.7 Å². The maximum Gasteiger partial charge on any atom is 0.224 e. The van der Waals surface area contributed by atoms with Gasteiger partial charge in [-0.25, -0.2) is 0 Å². The molecule has 3 heteroatoms. The Morgan fingerprint density at radius 2 is 2.22 bits per heavy atom. The highest BCUT2D eigenvalue weighted by atomic mass is 16.1. The zero-order valence-corrected chi connectivity index (χ0v) is 11.3. The molecule has 0 spiro atoms. The summed E-state index contributed by atoms with van der Waals surface area (Å²) < 4.78 is 0. The zero-order valence-electron chi connectivity index (χ0n) is 11.3. The Kier molecular flexibility index (Phi) is 4.37. The first kappa shape index (κ1) is 13.1. The fraction of sp³-hybridized carbons (Fsp3) is 0.533. The molecule has 1 unspecified atom stereocenters. The lowest BCUT2D eigenvalue weighted by Crippen LogP contribution is -2.33. The lowest BCUT2D eigenvalue weighted by Gasteiger charge is -2.10. The van der Waals surface area contributed by atoms with Crippen LogP contribution in [0.3, 0.4) is 0 Å². The van der Waals surface area contributed by atoms with Crippen LogP contribution in [-0.4, -0.2) is 25.5 Å². The second-order valence-corrected chi connectivity index (χ2v) is 5.15. The monoisotopic (exact) mass is 246 g/mol. The minimum atomic E-state index is 0.171. The van der Waals surface area contributed by atoms with Crippen LogP contribution in [-0.2, 0) is 11.2 Å². The van der Waals surface area contributed by atoms with Crippen molar-refractivity contribution in [1.82, 2.24) is 10.6 Å². The summed E-state index contributed by atoms with van der Waals surface area (Å²) in [6.07, 6.45) is 1.88. The molecule has 3 nitrogen and oxygen atoms in total. The number of benzene rings is 1. The molecule has 18 heavy (non-hydrogen) atoms. The second-order valence-electron chi connectivity index (χ2n) is 5.15. The Hall–Kier alpha value is -1.35. The van der Waals surface area contributed by atoms with Crippen LogP contribution in [0.4, 0.5) is 0 Å². The van der Waals surface area contributed by atoms with Crippen molar-refractivity contribution in [3.63, 3.8) is 0 Å². The smallest absolute Gasteiger partial charge is 0.224 e. The van der Waals surface area contributed by atoms with Crippen LogP contribution in [0.5, 0.6) is 0 Å². The van der Waals surface area contributed by atoms with E-state index >= 15 is 0 Å². The highest BCUT2D eigenvalue weighted by Crippen LogP contribution is 2.10. The average molecular weight is 246 g/mol. The molecule has 0 bridgehead atoms. The molecule has 1 atom stereocenters. The van der Waals surface area contributed by atoms with E-state index in [1.54, 1.807) is 0 Å². The van der Waals surface area contributed by atoms with E-state index < -0.39 is 0 Å². The molecule has 1 saturated heterocycles. The van der Waals surface area contributed by atoms with Crippen LogP contribution < -0.4 is 10.6 Å². The summed E-state index contributed by atoms with van der Waals surface area (Å²) in [6.45, 7) is 6.78. The molecule has 1 aromatic carbocycles. The lowest BCUT2D eigenvalue weighted by atomic mass is 10.0. The normalized spacial score (nSPS) is 18.9. The maximum absolute atomic E-state index is 11.8. The van der Waals surface area contributed by atoms with Crippen molar-refractivity contribution >= 4 is 5.91 Å². The van der Waals surface area contributed by atoms with Gasteiger partial charge in [-0.15, -0.1) is 0 Å². The highest BCUT2D eigenvalue weighted by Gasteiger charge is 2.21. The first-order valence-corrected chi connectivity index (χ1v) is 6.71. The topological polar surface area (TPSA) is 41.1 Å². The van der Waals surface area contributed by atoms with E-state index in [1.807, 2.05) is 0 Å². The quantitative estimate of drug-likeness (QED) is 0.846. The summed E-state index contributed by atoms with van der Waals surface area (Å²) in [6, 6.07) is 6.50. The van der Waals surface area contributed by atoms with Gasteiger partial charge in [0.2, 0.25) is 5.91 Å². The van der Waals surface area contributed by atoms with Gasteiger partial charge in [0.15, 0.2) is 0 Å². The van der Waals surface area contributed by atoms with Crippen molar-refractivity contribution in [1.29, 1.82) is 0 Å². The van der Waals surface area contributed by atoms with Crippen LogP contribution >= 0.6 is 0 Å². The molecule has 0 aliphatic carbocycles. The number of hydrogen-bond acceptors (Lipinski definition) is 2. The molecule has 1 heterocycles. The molecule has 2 N–H and O–H groups in total. The Bertz CT molecular complexity index is 423. The molecule has 98 valence electrons. The summed E-state index contributed by atoms with van der Waals surface area (Å²) in [5, 5.41) is 6.24.